The van der Waals surface area contributed by atoms with E-state index in [1.54, 1.807) is 0 Å². The van der Waals surface area contributed by atoms with Crippen LogP contribution in [0.5, 0.6) is 0 Å². The molecular weight excluding hydrogens is 250 g/mol. The quantitative estimate of drug-likeness (QED) is 0.881. The molecule has 1 unspecified atom stereocenters. The van der Waals surface area contributed by atoms with Gasteiger partial charge in [0.2, 0.25) is 0 Å². The fourth-order valence-corrected chi connectivity index (χ4v) is 2.47. The van der Waals surface area contributed by atoms with Gasteiger partial charge >= 0.3 is 0 Å². The average Bonchev–Trinajstić information content (AvgIpc) is 2.74. The molecule has 1 nitrogen and oxygen atoms in total. The van der Waals surface area contributed by atoms with Gasteiger partial charge < -0.3 is 5.32 Å². The van der Waals surface area contributed by atoms with Gasteiger partial charge in [0.05, 0.1) is 0 Å². The SMILES string of the molecule is Brc1ccc(CCCC2CCCN2)cc1. The largest absolute Gasteiger partial charge is 0.314 e. The van der Waals surface area contributed by atoms with Gasteiger partial charge in [-0.2, -0.15) is 0 Å². The van der Waals surface area contributed by atoms with Gasteiger partial charge in [-0.25, -0.2) is 0 Å². The fraction of sp³-hybridized carbons (Fsp3) is 0.538. The molecule has 1 aliphatic rings. The van der Waals surface area contributed by atoms with E-state index in [2.05, 4.69) is 45.5 Å². The molecule has 0 bridgehead atoms. The van der Waals surface area contributed by atoms with Crippen molar-refractivity contribution in [3.8, 4) is 0 Å². The monoisotopic (exact) mass is 267 g/mol. The minimum Gasteiger partial charge on any atom is -0.314 e. The molecule has 2 rings (SSSR count). The van der Waals surface area contributed by atoms with Gasteiger partial charge in [0.15, 0.2) is 0 Å². The summed E-state index contributed by atoms with van der Waals surface area (Å²) in [5, 5.41) is 3.54. The first-order chi connectivity index (χ1) is 7.34. The highest BCUT2D eigenvalue weighted by Gasteiger charge is 2.12. The average molecular weight is 268 g/mol. The van der Waals surface area contributed by atoms with Gasteiger partial charge in [-0.1, -0.05) is 28.1 Å². The molecule has 1 aliphatic heterocycles. The maximum atomic E-state index is 3.54. The number of nitrogens with one attached hydrogen (secondary N) is 1. The van der Waals surface area contributed by atoms with Crippen LogP contribution in [-0.2, 0) is 6.42 Å². The molecule has 1 heterocycles. The standard InChI is InChI=1S/C13H18BrN/c14-12-8-6-11(7-9-12)3-1-4-13-5-2-10-15-13/h6-9,13,15H,1-5,10H2. The van der Waals surface area contributed by atoms with Crippen LogP contribution in [-0.4, -0.2) is 12.6 Å². The molecule has 2 heteroatoms. The van der Waals surface area contributed by atoms with Gasteiger partial charge in [-0.15, -0.1) is 0 Å². The zero-order chi connectivity index (χ0) is 10.5. The molecule has 1 saturated heterocycles. The Bertz CT molecular complexity index is 288. The molecule has 0 aromatic heterocycles. The van der Waals surface area contributed by atoms with Crippen LogP contribution >= 0.6 is 15.9 Å². The first kappa shape index (κ1) is 11.2. The summed E-state index contributed by atoms with van der Waals surface area (Å²) in [4.78, 5) is 0. The molecular formula is C13H18BrN. The smallest absolute Gasteiger partial charge is 0.0175 e. The van der Waals surface area contributed by atoms with Crippen molar-refractivity contribution >= 4 is 15.9 Å². The van der Waals surface area contributed by atoms with E-state index >= 15 is 0 Å². The lowest BCUT2D eigenvalue weighted by Gasteiger charge is -2.09. The third-order valence-corrected chi connectivity index (χ3v) is 3.62. The maximum Gasteiger partial charge on any atom is 0.0175 e. The molecule has 0 amide bonds. The van der Waals surface area contributed by atoms with Crippen LogP contribution in [0, 0.1) is 0 Å². The third-order valence-electron chi connectivity index (χ3n) is 3.09. The summed E-state index contributed by atoms with van der Waals surface area (Å²) in [5.41, 5.74) is 1.45. The van der Waals surface area contributed by atoms with Crippen molar-refractivity contribution in [1.29, 1.82) is 0 Å². The lowest BCUT2D eigenvalue weighted by Crippen LogP contribution is -2.20. The number of halogens is 1. The minimum absolute atomic E-state index is 0.792. The second-order valence-electron chi connectivity index (χ2n) is 4.31. The van der Waals surface area contributed by atoms with E-state index in [1.165, 1.54) is 48.7 Å². The summed E-state index contributed by atoms with van der Waals surface area (Å²) in [6.45, 7) is 1.23. The molecule has 15 heavy (non-hydrogen) atoms. The zero-order valence-electron chi connectivity index (χ0n) is 9.01. The van der Waals surface area contributed by atoms with Crippen molar-refractivity contribution in [2.45, 2.75) is 38.1 Å². The van der Waals surface area contributed by atoms with Gasteiger partial charge in [-0.3, -0.25) is 0 Å². The molecule has 82 valence electrons. The Morgan fingerprint density at radius 2 is 2.07 bits per heavy atom. The van der Waals surface area contributed by atoms with E-state index < -0.39 is 0 Å². The lowest BCUT2D eigenvalue weighted by molar-refractivity contribution is 0.536. The Balaban J connectivity index is 1.71. The van der Waals surface area contributed by atoms with E-state index in [-0.39, 0.29) is 0 Å². The lowest BCUT2D eigenvalue weighted by atomic mass is 10.0. The minimum atomic E-state index is 0.792. The molecule has 1 N–H and O–H groups in total. The Labute approximate surface area is 100 Å². The number of benzene rings is 1. The van der Waals surface area contributed by atoms with Crippen LogP contribution in [0.15, 0.2) is 28.7 Å². The second kappa shape index (κ2) is 5.66. The van der Waals surface area contributed by atoms with Crippen LogP contribution in [0.3, 0.4) is 0 Å². The summed E-state index contributed by atoms with van der Waals surface area (Å²) < 4.78 is 1.17. The molecule has 1 atom stereocenters. The van der Waals surface area contributed by atoms with Crippen LogP contribution < -0.4 is 5.32 Å². The summed E-state index contributed by atoms with van der Waals surface area (Å²) in [6, 6.07) is 9.48. The normalized spacial score (nSPS) is 20.7. The van der Waals surface area contributed by atoms with Crippen molar-refractivity contribution in [2.24, 2.45) is 0 Å². The van der Waals surface area contributed by atoms with E-state index in [4.69, 9.17) is 0 Å². The fourth-order valence-electron chi connectivity index (χ4n) is 2.21. The van der Waals surface area contributed by atoms with E-state index in [9.17, 15) is 0 Å². The van der Waals surface area contributed by atoms with Crippen molar-refractivity contribution < 1.29 is 0 Å². The van der Waals surface area contributed by atoms with Crippen LogP contribution in [0.25, 0.3) is 0 Å². The predicted molar refractivity (Wildman–Crippen MR) is 68.1 cm³/mol. The number of rotatable bonds is 4. The molecule has 1 aromatic rings. The molecule has 1 aromatic carbocycles. The molecule has 0 radical (unpaired) electrons. The Hall–Kier alpha value is -0.340. The number of aryl methyl sites for hydroxylation is 1. The van der Waals surface area contributed by atoms with Crippen LogP contribution in [0.4, 0.5) is 0 Å². The van der Waals surface area contributed by atoms with Crippen molar-refractivity contribution in [3.63, 3.8) is 0 Å². The number of hydrogen-bond acceptors (Lipinski definition) is 1. The zero-order valence-corrected chi connectivity index (χ0v) is 10.6. The van der Waals surface area contributed by atoms with Gasteiger partial charge in [0.1, 0.15) is 0 Å². The third kappa shape index (κ3) is 3.62. The summed E-state index contributed by atoms with van der Waals surface area (Å²) in [6.07, 6.45) is 6.59. The molecule has 0 saturated carbocycles. The predicted octanol–water partition coefficient (Wildman–Crippen LogP) is 3.52. The van der Waals surface area contributed by atoms with Gasteiger partial charge in [0.25, 0.3) is 0 Å². The van der Waals surface area contributed by atoms with E-state index in [0.717, 1.165) is 6.04 Å². The Kier molecular flexibility index (Phi) is 4.21. The summed E-state index contributed by atoms with van der Waals surface area (Å²) in [5.74, 6) is 0. The van der Waals surface area contributed by atoms with Crippen LogP contribution in [0.1, 0.15) is 31.2 Å². The summed E-state index contributed by atoms with van der Waals surface area (Å²) in [7, 11) is 0. The Morgan fingerprint density at radius 1 is 1.27 bits per heavy atom. The topological polar surface area (TPSA) is 12.0 Å². The van der Waals surface area contributed by atoms with E-state index in [1.807, 2.05) is 0 Å². The first-order valence-electron chi connectivity index (χ1n) is 5.82. The molecule has 1 fully saturated rings. The molecule has 0 spiro atoms. The van der Waals surface area contributed by atoms with Gasteiger partial charge in [-0.05, 0) is 56.3 Å². The van der Waals surface area contributed by atoms with Crippen molar-refractivity contribution in [2.75, 3.05) is 6.54 Å². The Morgan fingerprint density at radius 3 is 2.73 bits per heavy atom. The summed E-state index contributed by atoms with van der Waals surface area (Å²) >= 11 is 3.46. The maximum absolute atomic E-state index is 3.54. The highest BCUT2D eigenvalue weighted by atomic mass is 79.9. The highest BCUT2D eigenvalue weighted by Crippen LogP contribution is 2.15. The second-order valence-corrected chi connectivity index (χ2v) is 5.23. The van der Waals surface area contributed by atoms with Crippen molar-refractivity contribution in [3.05, 3.63) is 34.3 Å². The highest BCUT2D eigenvalue weighted by molar-refractivity contribution is 9.10. The van der Waals surface area contributed by atoms with E-state index in [0.29, 0.717) is 0 Å². The first-order valence-corrected chi connectivity index (χ1v) is 6.62. The molecule has 0 aliphatic carbocycles. The van der Waals surface area contributed by atoms with Gasteiger partial charge in [0, 0.05) is 10.5 Å². The van der Waals surface area contributed by atoms with Crippen LogP contribution in [0.2, 0.25) is 0 Å². The van der Waals surface area contributed by atoms with Crippen molar-refractivity contribution in [1.82, 2.24) is 5.32 Å². The number of hydrogen-bond donors (Lipinski definition) is 1.